The Morgan fingerprint density at radius 2 is 1.33 bits per heavy atom. The number of hydrogen-bond donors (Lipinski definition) is 4. The van der Waals surface area contributed by atoms with E-state index >= 15 is 0 Å². The predicted molar refractivity (Wildman–Crippen MR) is 25.0 cm³/mol. The van der Waals surface area contributed by atoms with Gasteiger partial charge in [0, 0.05) is 22.0 Å². The van der Waals surface area contributed by atoms with Gasteiger partial charge in [0.1, 0.15) is 0 Å². The highest BCUT2D eigenvalue weighted by Crippen LogP contribution is 2.07. The first-order valence-corrected chi connectivity index (χ1v) is 3.17. The van der Waals surface area contributed by atoms with E-state index in [-0.39, 0.29) is 0 Å². The molecule has 0 fully saturated rings. The molecule has 0 aromatic carbocycles. The standard InChI is InChI=1S/H4N2O2S2/c3-1-5-6-2-4/h1-4H. The fraction of sp³-hybridized carbons (Fsp3) is 0. The molecule has 0 heterocycles. The first-order chi connectivity index (χ1) is 2.91. The Kier molecular flexibility index (Phi) is 6.04. The largest absolute Gasteiger partial charge is 0.305 e. The molecule has 4 nitrogen and oxygen atoms in total. The summed E-state index contributed by atoms with van der Waals surface area (Å²) in [5.74, 6) is 0. The van der Waals surface area contributed by atoms with Gasteiger partial charge in [-0.05, 0) is 0 Å². The Balaban J connectivity index is 2.34. The molecule has 0 spiro atoms. The molecule has 0 aliphatic rings. The van der Waals surface area contributed by atoms with Gasteiger partial charge in [0.05, 0.1) is 0 Å². The van der Waals surface area contributed by atoms with Crippen LogP contribution in [0.2, 0.25) is 0 Å². The van der Waals surface area contributed by atoms with Crippen LogP contribution >= 0.6 is 22.0 Å². The normalized spacial score (nSPS) is 9.00. The van der Waals surface area contributed by atoms with Gasteiger partial charge in [0.15, 0.2) is 0 Å². The van der Waals surface area contributed by atoms with Crippen molar-refractivity contribution in [1.29, 1.82) is 0 Å². The highest BCUT2D eigenvalue weighted by atomic mass is 33.1. The van der Waals surface area contributed by atoms with Crippen molar-refractivity contribution >= 4 is 22.0 Å². The van der Waals surface area contributed by atoms with Gasteiger partial charge < -0.3 is 10.4 Å². The summed E-state index contributed by atoms with van der Waals surface area (Å²) in [6, 6.07) is 0. The maximum absolute atomic E-state index is 7.74. The van der Waals surface area contributed by atoms with Gasteiger partial charge in [0.2, 0.25) is 0 Å². The summed E-state index contributed by atoms with van der Waals surface area (Å²) in [6.45, 7) is 0. The summed E-state index contributed by atoms with van der Waals surface area (Å²) < 4.78 is 0. The lowest BCUT2D eigenvalue weighted by Crippen LogP contribution is -1.94. The molecule has 38 valence electrons. The van der Waals surface area contributed by atoms with Gasteiger partial charge in [-0.15, -0.1) is 9.77 Å². The van der Waals surface area contributed by atoms with Crippen molar-refractivity contribution in [3.8, 4) is 0 Å². The first kappa shape index (κ1) is 6.54. The molecule has 6 heavy (non-hydrogen) atoms. The van der Waals surface area contributed by atoms with Crippen molar-refractivity contribution in [3.05, 3.63) is 0 Å². The minimum atomic E-state index is 0.869. The van der Waals surface area contributed by atoms with Crippen molar-refractivity contribution < 1.29 is 10.4 Å². The average Bonchev–Trinajstić information content (AvgIpc) is 1.61. The average molecular weight is 128 g/mol. The van der Waals surface area contributed by atoms with E-state index in [1.54, 1.807) is 9.77 Å². The van der Waals surface area contributed by atoms with E-state index < -0.39 is 0 Å². The number of rotatable bonds is 3. The van der Waals surface area contributed by atoms with Crippen molar-refractivity contribution in [1.82, 2.24) is 9.77 Å². The molecular weight excluding hydrogens is 124 g/mol. The lowest BCUT2D eigenvalue weighted by Gasteiger charge is -1.87. The van der Waals surface area contributed by atoms with Gasteiger partial charge >= 0.3 is 0 Å². The second-order valence-corrected chi connectivity index (χ2v) is 2.05. The lowest BCUT2D eigenvalue weighted by molar-refractivity contribution is 0.255. The molecule has 0 aromatic heterocycles. The lowest BCUT2D eigenvalue weighted by atomic mass is 13.5. The van der Waals surface area contributed by atoms with Crippen LogP contribution in [0.1, 0.15) is 0 Å². The summed E-state index contributed by atoms with van der Waals surface area (Å²) in [6.07, 6.45) is 0. The first-order valence-electron chi connectivity index (χ1n) is 1.02. The fourth-order valence-corrected chi connectivity index (χ4v) is 0.335. The molecule has 0 aromatic rings. The molecular formula is H4N2O2S2. The van der Waals surface area contributed by atoms with Crippen LogP contribution < -0.4 is 9.77 Å². The number of hydrogen-bond acceptors (Lipinski definition) is 6. The molecule has 0 bridgehead atoms. The van der Waals surface area contributed by atoms with Crippen LogP contribution in [0, 0.1) is 0 Å². The smallest absolute Gasteiger partial charge is 0.0332 e. The zero-order valence-corrected chi connectivity index (χ0v) is 4.34. The minimum Gasteiger partial charge on any atom is -0.305 e. The Morgan fingerprint density at radius 1 is 1.00 bits per heavy atom. The second kappa shape index (κ2) is 5.54. The van der Waals surface area contributed by atoms with Crippen LogP contribution in [0.3, 0.4) is 0 Å². The summed E-state index contributed by atoms with van der Waals surface area (Å²) in [4.78, 5) is 3.45. The van der Waals surface area contributed by atoms with Gasteiger partial charge in [-0.3, -0.25) is 0 Å². The van der Waals surface area contributed by atoms with Gasteiger partial charge in [-0.1, -0.05) is 0 Å². The Hall–Kier alpha value is 0.540. The van der Waals surface area contributed by atoms with Crippen molar-refractivity contribution in [2.75, 3.05) is 0 Å². The highest BCUT2D eigenvalue weighted by Gasteiger charge is 1.75. The second-order valence-electron chi connectivity index (χ2n) is 0.349. The molecule has 0 aliphatic heterocycles. The van der Waals surface area contributed by atoms with E-state index in [0.717, 1.165) is 22.0 Å². The van der Waals surface area contributed by atoms with Crippen LogP contribution in [-0.4, -0.2) is 10.4 Å². The summed E-state index contributed by atoms with van der Waals surface area (Å²) in [5.41, 5.74) is 0. The van der Waals surface area contributed by atoms with Gasteiger partial charge in [-0.2, -0.15) is 0 Å². The predicted octanol–water partition coefficient (Wildman–Crippen LogP) is 0.155. The zero-order valence-electron chi connectivity index (χ0n) is 2.71. The van der Waals surface area contributed by atoms with Crippen LogP contribution in [0.4, 0.5) is 0 Å². The molecule has 0 rings (SSSR count). The third kappa shape index (κ3) is 4.54. The number of nitrogens with one attached hydrogen (secondary N) is 2. The monoisotopic (exact) mass is 128 g/mol. The maximum atomic E-state index is 7.74. The molecule has 0 unspecified atom stereocenters. The van der Waals surface area contributed by atoms with Crippen LogP contribution in [0.15, 0.2) is 0 Å². The summed E-state index contributed by atoms with van der Waals surface area (Å²) >= 11 is 0. The van der Waals surface area contributed by atoms with Crippen molar-refractivity contribution in [3.63, 3.8) is 0 Å². The third-order valence-electron chi connectivity index (χ3n) is 0.116. The van der Waals surface area contributed by atoms with Crippen molar-refractivity contribution in [2.24, 2.45) is 0 Å². The van der Waals surface area contributed by atoms with E-state index in [1.165, 1.54) is 0 Å². The SMILES string of the molecule is ONSSNO. The van der Waals surface area contributed by atoms with E-state index in [2.05, 4.69) is 0 Å². The molecule has 0 amide bonds. The van der Waals surface area contributed by atoms with E-state index in [1.807, 2.05) is 0 Å². The quantitative estimate of drug-likeness (QED) is 0.188. The summed E-state index contributed by atoms with van der Waals surface area (Å²) in [7, 11) is 1.74. The van der Waals surface area contributed by atoms with Gasteiger partial charge in [0.25, 0.3) is 0 Å². The van der Waals surface area contributed by atoms with Crippen LogP contribution in [0.25, 0.3) is 0 Å². The third-order valence-corrected chi connectivity index (χ3v) is 1.05. The topological polar surface area (TPSA) is 64.5 Å². The molecule has 4 N–H and O–H groups in total. The van der Waals surface area contributed by atoms with Crippen molar-refractivity contribution in [2.45, 2.75) is 0 Å². The highest BCUT2D eigenvalue weighted by molar-refractivity contribution is 8.75. The Morgan fingerprint density at radius 3 is 1.50 bits per heavy atom. The van der Waals surface area contributed by atoms with Crippen LogP contribution in [0.5, 0.6) is 0 Å². The van der Waals surface area contributed by atoms with E-state index in [0.29, 0.717) is 0 Å². The molecule has 0 aliphatic carbocycles. The molecule has 6 heteroatoms. The Bertz CT molecular complexity index is 21.5. The Labute approximate surface area is 42.9 Å². The summed E-state index contributed by atoms with van der Waals surface area (Å²) in [5, 5.41) is 15.5. The molecule has 0 atom stereocenters. The maximum Gasteiger partial charge on any atom is 0.0332 e. The zero-order chi connectivity index (χ0) is 4.83. The fourth-order valence-electron chi connectivity index (χ4n) is 0.0373. The molecule has 0 saturated heterocycles. The van der Waals surface area contributed by atoms with E-state index in [9.17, 15) is 0 Å². The van der Waals surface area contributed by atoms with Gasteiger partial charge in [-0.25, -0.2) is 0 Å². The molecule has 0 radical (unpaired) electrons. The molecule has 0 saturated carbocycles. The van der Waals surface area contributed by atoms with E-state index in [4.69, 9.17) is 10.4 Å². The minimum absolute atomic E-state index is 0.869. The van der Waals surface area contributed by atoms with Crippen LogP contribution in [-0.2, 0) is 0 Å².